The van der Waals surface area contributed by atoms with Crippen LogP contribution in [0.1, 0.15) is 38.4 Å². The van der Waals surface area contributed by atoms with Gasteiger partial charge >= 0.3 is 0 Å². The normalized spacial score (nSPS) is 21.1. The molecule has 1 aliphatic heterocycles. The van der Waals surface area contributed by atoms with Gasteiger partial charge in [0, 0.05) is 30.9 Å². The zero-order valence-electron chi connectivity index (χ0n) is 12.6. The number of aliphatic hydroxyl groups excluding tert-OH is 1. The molecule has 2 atom stereocenters. The van der Waals surface area contributed by atoms with Crippen LogP contribution in [0.2, 0.25) is 0 Å². The molecule has 0 amide bonds. The number of likely N-dealkylation sites (tertiary alicyclic amines) is 1. The van der Waals surface area contributed by atoms with Crippen LogP contribution >= 0.6 is 0 Å². The standard InChI is InChI=1S/C16H25FN2O/c1-4-19-9-5-6-14(19)11-18(3)16-8-7-13(17)10-15(16)12(2)20/h7-8,10,12,14,20H,4-6,9,11H2,1-3H3. The first-order valence-corrected chi connectivity index (χ1v) is 7.45. The first-order valence-electron chi connectivity index (χ1n) is 7.45. The van der Waals surface area contributed by atoms with E-state index in [1.807, 2.05) is 7.05 Å². The van der Waals surface area contributed by atoms with E-state index >= 15 is 0 Å². The van der Waals surface area contributed by atoms with Crippen LogP contribution in [-0.4, -0.2) is 42.7 Å². The number of benzene rings is 1. The van der Waals surface area contributed by atoms with Gasteiger partial charge in [-0.15, -0.1) is 0 Å². The Morgan fingerprint density at radius 1 is 1.50 bits per heavy atom. The lowest BCUT2D eigenvalue weighted by atomic mass is 10.1. The summed E-state index contributed by atoms with van der Waals surface area (Å²) >= 11 is 0. The molecule has 0 spiro atoms. The maximum atomic E-state index is 13.4. The van der Waals surface area contributed by atoms with Crippen LogP contribution in [0, 0.1) is 5.82 Å². The van der Waals surface area contributed by atoms with Crippen molar-refractivity contribution in [3.05, 3.63) is 29.6 Å². The van der Waals surface area contributed by atoms with E-state index in [-0.39, 0.29) is 5.82 Å². The molecule has 0 bridgehead atoms. The zero-order chi connectivity index (χ0) is 14.7. The van der Waals surface area contributed by atoms with E-state index in [4.69, 9.17) is 0 Å². The lowest BCUT2D eigenvalue weighted by Crippen LogP contribution is -2.39. The van der Waals surface area contributed by atoms with Crippen molar-refractivity contribution in [1.29, 1.82) is 0 Å². The van der Waals surface area contributed by atoms with E-state index in [0.717, 1.165) is 18.8 Å². The SMILES string of the molecule is CCN1CCCC1CN(C)c1ccc(F)cc1C(C)O. The maximum absolute atomic E-state index is 13.4. The van der Waals surface area contributed by atoms with Crippen LogP contribution in [-0.2, 0) is 0 Å². The van der Waals surface area contributed by atoms with Gasteiger partial charge in [-0.25, -0.2) is 4.39 Å². The van der Waals surface area contributed by atoms with E-state index in [0.29, 0.717) is 11.6 Å². The van der Waals surface area contributed by atoms with E-state index in [9.17, 15) is 9.50 Å². The number of nitrogens with zero attached hydrogens (tertiary/aromatic N) is 2. The second-order valence-corrected chi connectivity index (χ2v) is 5.68. The van der Waals surface area contributed by atoms with Gasteiger partial charge in [-0.3, -0.25) is 4.90 Å². The Hall–Kier alpha value is -1.13. The molecule has 20 heavy (non-hydrogen) atoms. The van der Waals surface area contributed by atoms with Crippen molar-refractivity contribution >= 4 is 5.69 Å². The Morgan fingerprint density at radius 2 is 2.25 bits per heavy atom. The predicted molar refractivity (Wildman–Crippen MR) is 80.6 cm³/mol. The van der Waals surface area contributed by atoms with Gasteiger partial charge < -0.3 is 10.0 Å². The smallest absolute Gasteiger partial charge is 0.123 e. The molecule has 3 nitrogen and oxygen atoms in total. The molecule has 1 aromatic carbocycles. The Balaban J connectivity index is 2.14. The highest BCUT2D eigenvalue weighted by Crippen LogP contribution is 2.28. The molecule has 1 N–H and O–H groups in total. The van der Waals surface area contributed by atoms with Crippen molar-refractivity contribution in [3.8, 4) is 0 Å². The summed E-state index contributed by atoms with van der Waals surface area (Å²) in [4.78, 5) is 4.63. The number of anilines is 1. The second kappa shape index (κ2) is 6.55. The van der Waals surface area contributed by atoms with Crippen LogP contribution in [0.15, 0.2) is 18.2 Å². The van der Waals surface area contributed by atoms with Crippen molar-refractivity contribution in [2.24, 2.45) is 0 Å². The van der Waals surface area contributed by atoms with Gasteiger partial charge in [-0.2, -0.15) is 0 Å². The van der Waals surface area contributed by atoms with E-state index in [1.54, 1.807) is 13.0 Å². The summed E-state index contributed by atoms with van der Waals surface area (Å²) in [5.74, 6) is -0.297. The average molecular weight is 280 g/mol. The Morgan fingerprint density at radius 3 is 2.90 bits per heavy atom. The minimum Gasteiger partial charge on any atom is -0.389 e. The number of aliphatic hydroxyl groups is 1. The fourth-order valence-electron chi connectivity index (χ4n) is 3.14. The lowest BCUT2D eigenvalue weighted by Gasteiger charge is -2.30. The summed E-state index contributed by atoms with van der Waals surface area (Å²) in [7, 11) is 2.02. The molecule has 0 saturated carbocycles. The van der Waals surface area contributed by atoms with Crippen molar-refractivity contribution in [3.63, 3.8) is 0 Å². The molecule has 1 aromatic rings. The molecule has 1 saturated heterocycles. The summed E-state index contributed by atoms with van der Waals surface area (Å²) in [6.45, 7) is 7.03. The first kappa shape index (κ1) is 15.3. The van der Waals surface area contributed by atoms with Crippen molar-refractivity contribution in [2.75, 3.05) is 31.6 Å². The maximum Gasteiger partial charge on any atom is 0.123 e. The van der Waals surface area contributed by atoms with Crippen LogP contribution in [0.4, 0.5) is 10.1 Å². The number of hydrogen-bond donors (Lipinski definition) is 1. The molecule has 4 heteroatoms. The number of hydrogen-bond acceptors (Lipinski definition) is 3. The second-order valence-electron chi connectivity index (χ2n) is 5.68. The van der Waals surface area contributed by atoms with Crippen molar-refractivity contribution in [1.82, 2.24) is 4.90 Å². The fraction of sp³-hybridized carbons (Fsp3) is 0.625. The van der Waals surface area contributed by atoms with Gasteiger partial charge in [0.25, 0.3) is 0 Å². The highest BCUT2D eigenvalue weighted by molar-refractivity contribution is 5.54. The third-order valence-corrected chi connectivity index (χ3v) is 4.24. The first-order chi connectivity index (χ1) is 9.52. The average Bonchev–Trinajstić information content (AvgIpc) is 2.85. The summed E-state index contributed by atoms with van der Waals surface area (Å²) in [5, 5.41) is 9.83. The molecule has 0 aliphatic carbocycles. The summed E-state index contributed by atoms with van der Waals surface area (Å²) in [6, 6.07) is 5.21. The molecule has 1 fully saturated rings. The molecule has 2 unspecified atom stereocenters. The topological polar surface area (TPSA) is 26.7 Å². The summed E-state index contributed by atoms with van der Waals surface area (Å²) in [5.41, 5.74) is 1.58. The molecular formula is C16H25FN2O. The van der Waals surface area contributed by atoms with Crippen LogP contribution in [0.5, 0.6) is 0 Å². The van der Waals surface area contributed by atoms with Gasteiger partial charge in [-0.1, -0.05) is 6.92 Å². The number of likely N-dealkylation sites (N-methyl/N-ethyl adjacent to an activating group) is 2. The monoisotopic (exact) mass is 280 g/mol. The number of halogens is 1. The zero-order valence-corrected chi connectivity index (χ0v) is 12.6. The molecule has 0 aromatic heterocycles. The Kier molecular flexibility index (Phi) is 5.00. The largest absolute Gasteiger partial charge is 0.389 e. The highest BCUT2D eigenvalue weighted by atomic mass is 19.1. The minimum atomic E-state index is -0.658. The Labute approximate surface area is 121 Å². The highest BCUT2D eigenvalue weighted by Gasteiger charge is 2.25. The fourth-order valence-corrected chi connectivity index (χ4v) is 3.14. The molecule has 1 heterocycles. The minimum absolute atomic E-state index is 0.297. The van der Waals surface area contributed by atoms with Gasteiger partial charge in [0.05, 0.1) is 6.10 Å². The van der Waals surface area contributed by atoms with Gasteiger partial charge in [0.1, 0.15) is 5.82 Å². The van der Waals surface area contributed by atoms with Crippen LogP contribution < -0.4 is 4.90 Å². The molecule has 112 valence electrons. The third kappa shape index (κ3) is 3.30. The Bertz CT molecular complexity index is 450. The van der Waals surface area contributed by atoms with E-state index < -0.39 is 6.10 Å². The van der Waals surface area contributed by atoms with Crippen LogP contribution in [0.25, 0.3) is 0 Å². The molecular weight excluding hydrogens is 255 g/mol. The van der Waals surface area contributed by atoms with Crippen LogP contribution in [0.3, 0.4) is 0 Å². The molecule has 2 rings (SSSR count). The summed E-state index contributed by atoms with van der Waals surface area (Å²) in [6.07, 6.45) is 1.80. The number of rotatable bonds is 5. The van der Waals surface area contributed by atoms with Gasteiger partial charge in [-0.05, 0) is 51.1 Å². The quantitative estimate of drug-likeness (QED) is 0.898. The van der Waals surface area contributed by atoms with Gasteiger partial charge in [0.2, 0.25) is 0 Å². The summed E-state index contributed by atoms with van der Waals surface area (Å²) < 4.78 is 13.4. The van der Waals surface area contributed by atoms with Gasteiger partial charge in [0.15, 0.2) is 0 Å². The van der Waals surface area contributed by atoms with E-state index in [1.165, 1.54) is 31.5 Å². The molecule has 0 radical (unpaired) electrons. The predicted octanol–water partition coefficient (Wildman–Crippen LogP) is 2.80. The lowest BCUT2D eigenvalue weighted by molar-refractivity contribution is 0.199. The molecule has 1 aliphatic rings. The van der Waals surface area contributed by atoms with Crippen molar-refractivity contribution in [2.45, 2.75) is 38.8 Å². The van der Waals surface area contributed by atoms with Crippen molar-refractivity contribution < 1.29 is 9.50 Å². The third-order valence-electron chi connectivity index (χ3n) is 4.24. The van der Waals surface area contributed by atoms with E-state index in [2.05, 4.69) is 16.7 Å².